The summed E-state index contributed by atoms with van der Waals surface area (Å²) < 4.78 is 5.63. The quantitative estimate of drug-likeness (QED) is 0.770. The van der Waals surface area contributed by atoms with E-state index in [0.29, 0.717) is 6.42 Å². The zero-order valence-corrected chi connectivity index (χ0v) is 16.2. The summed E-state index contributed by atoms with van der Waals surface area (Å²) in [5.41, 5.74) is 1.77. The smallest absolute Gasteiger partial charge is 0.323 e. The summed E-state index contributed by atoms with van der Waals surface area (Å²) in [4.78, 5) is 39.6. The van der Waals surface area contributed by atoms with Crippen LogP contribution in [-0.2, 0) is 25.5 Å². The van der Waals surface area contributed by atoms with Crippen LogP contribution in [0.2, 0.25) is 0 Å². The minimum absolute atomic E-state index is 0.212. The van der Waals surface area contributed by atoms with Crippen LogP contribution in [-0.4, -0.2) is 65.5 Å². The van der Waals surface area contributed by atoms with Gasteiger partial charge in [-0.25, -0.2) is 0 Å². The highest BCUT2D eigenvalue weighted by Crippen LogP contribution is 2.30. The van der Waals surface area contributed by atoms with Crippen LogP contribution in [0.15, 0.2) is 60.7 Å². The molecule has 2 atom stereocenters. The third-order valence-corrected chi connectivity index (χ3v) is 5.02. The van der Waals surface area contributed by atoms with Gasteiger partial charge in [0.1, 0.15) is 13.2 Å². The Labute approximate surface area is 169 Å². The van der Waals surface area contributed by atoms with Crippen molar-refractivity contribution in [3.8, 4) is 0 Å². The van der Waals surface area contributed by atoms with E-state index in [9.17, 15) is 19.5 Å². The molecule has 2 amide bonds. The van der Waals surface area contributed by atoms with Crippen molar-refractivity contribution in [1.29, 1.82) is 0 Å². The predicted molar refractivity (Wildman–Crippen MR) is 106 cm³/mol. The Morgan fingerprint density at radius 2 is 1.72 bits per heavy atom. The zero-order valence-electron chi connectivity index (χ0n) is 16.2. The van der Waals surface area contributed by atoms with E-state index in [1.54, 1.807) is 7.05 Å². The molecule has 0 radical (unpaired) electrons. The van der Waals surface area contributed by atoms with Crippen LogP contribution < -0.4 is 0 Å². The van der Waals surface area contributed by atoms with Gasteiger partial charge >= 0.3 is 5.97 Å². The number of carbonyl (C=O) groups excluding carboxylic acids is 2. The second-order valence-electron chi connectivity index (χ2n) is 6.98. The Kier molecular flexibility index (Phi) is 6.61. The molecule has 29 heavy (non-hydrogen) atoms. The Bertz CT molecular complexity index is 856. The number of ether oxygens (including phenoxy) is 1. The van der Waals surface area contributed by atoms with Crippen LogP contribution >= 0.6 is 0 Å². The number of carboxylic acid groups (broad SMARTS) is 1. The number of aliphatic carboxylic acids is 1. The predicted octanol–water partition coefficient (Wildman–Crippen LogP) is 1.74. The maximum absolute atomic E-state index is 13.3. The average Bonchev–Trinajstić information content (AvgIpc) is 2.73. The van der Waals surface area contributed by atoms with E-state index < -0.39 is 30.6 Å². The molecule has 0 saturated carbocycles. The van der Waals surface area contributed by atoms with E-state index in [0.717, 1.165) is 11.1 Å². The maximum atomic E-state index is 13.3. The summed E-state index contributed by atoms with van der Waals surface area (Å²) in [5, 5.41) is 9.31. The molecule has 0 spiro atoms. The highest BCUT2D eigenvalue weighted by molar-refractivity contribution is 5.88. The first-order valence-electron chi connectivity index (χ1n) is 9.44. The lowest BCUT2D eigenvalue weighted by atomic mass is 9.97. The molecule has 2 aromatic carbocycles. The fourth-order valence-corrected chi connectivity index (χ4v) is 3.49. The van der Waals surface area contributed by atoms with Crippen LogP contribution in [0, 0.1) is 0 Å². The molecule has 152 valence electrons. The van der Waals surface area contributed by atoms with Crippen molar-refractivity contribution in [2.75, 3.05) is 26.7 Å². The minimum Gasteiger partial charge on any atom is -0.480 e. The van der Waals surface area contributed by atoms with Crippen LogP contribution in [0.4, 0.5) is 0 Å². The van der Waals surface area contributed by atoms with Crippen LogP contribution in [0.1, 0.15) is 17.2 Å². The number of likely N-dealkylation sites (N-methyl/N-ethyl adjacent to an activating group) is 1. The molecular formula is C22H24N2O5. The first-order valence-corrected chi connectivity index (χ1v) is 9.44. The van der Waals surface area contributed by atoms with Crippen molar-refractivity contribution < 1.29 is 24.2 Å². The summed E-state index contributed by atoms with van der Waals surface area (Å²) in [6.45, 7) is -0.394. The van der Waals surface area contributed by atoms with E-state index in [4.69, 9.17) is 4.74 Å². The molecule has 1 fully saturated rings. The van der Waals surface area contributed by atoms with Gasteiger partial charge in [-0.05, 0) is 17.5 Å². The van der Waals surface area contributed by atoms with Gasteiger partial charge in [0, 0.05) is 13.6 Å². The van der Waals surface area contributed by atoms with Crippen molar-refractivity contribution in [2.24, 2.45) is 0 Å². The van der Waals surface area contributed by atoms with Gasteiger partial charge in [-0.1, -0.05) is 60.7 Å². The second-order valence-corrected chi connectivity index (χ2v) is 6.98. The third-order valence-electron chi connectivity index (χ3n) is 5.02. The molecule has 3 rings (SSSR count). The fraction of sp³-hybridized carbons (Fsp3) is 0.318. The number of carbonyl (C=O) groups is 3. The molecule has 7 nitrogen and oxygen atoms in total. The van der Waals surface area contributed by atoms with Crippen molar-refractivity contribution in [1.82, 2.24) is 9.80 Å². The molecule has 7 heteroatoms. The minimum atomic E-state index is -1.09. The first kappa shape index (κ1) is 20.5. The number of rotatable bonds is 7. The SMILES string of the molecule is CN1C(=O)CO[C@@H](C(=O)N(CCc2ccccc2)CC(=O)O)[C@H]1c1ccccc1. The molecule has 0 aliphatic carbocycles. The van der Waals surface area contributed by atoms with E-state index in [-0.39, 0.29) is 19.1 Å². The molecule has 0 unspecified atom stereocenters. The van der Waals surface area contributed by atoms with Crippen molar-refractivity contribution in [2.45, 2.75) is 18.6 Å². The summed E-state index contributed by atoms with van der Waals surface area (Å²) in [5.74, 6) is -1.75. The standard InChI is InChI=1S/C22H24N2O5/c1-23-18(25)15-29-21(20(23)17-10-6-3-7-11-17)22(28)24(14-19(26)27)13-12-16-8-4-2-5-9-16/h2-11,20-21H,12-15H2,1H3,(H,26,27)/t20-,21-/m1/s1. The maximum Gasteiger partial charge on any atom is 0.323 e. The topological polar surface area (TPSA) is 87.2 Å². The number of amides is 2. The van der Waals surface area contributed by atoms with E-state index in [2.05, 4.69) is 0 Å². The third kappa shape index (κ3) is 5.00. The van der Waals surface area contributed by atoms with Gasteiger partial charge in [0.05, 0.1) is 6.04 Å². The fourth-order valence-electron chi connectivity index (χ4n) is 3.49. The monoisotopic (exact) mass is 396 g/mol. The van der Waals surface area contributed by atoms with Gasteiger partial charge in [-0.15, -0.1) is 0 Å². The summed E-state index contributed by atoms with van der Waals surface area (Å²) in [6, 6.07) is 18.1. The molecule has 1 aliphatic heterocycles. The number of hydrogen-bond donors (Lipinski definition) is 1. The number of benzene rings is 2. The average molecular weight is 396 g/mol. The Balaban J connectivity index is 1.83. The van der Waals surface area contributed by atoms with Gasteiger partial charge in [0.2, 0.25) is 5.91 Å². The van der Waals surface area contributed by atoms with Crippen molar-refractivity contribution in [3.05, 3.63) is 71.8 Å². The molecule has 1 N–H and O–H groups in total. The second kappa shape index (κ2) is 9.34. The lowest BCUT2D eigenvalue weighted by Gasteiger charge is -2.40. The Hall–Kier alpha value is -3.19. The molecule has 2 aromatic rings. The van der Waals surface area contributed by atoms with Crippen molar-refractivity contribution in [3.63, 3.8) is 0 Å². The summed E-state index contributed by atoms with van der Waals surface area (Å²) in [7, 11) is 1.63. The van der Waals surface area contributed by atoms with Gasteiger partial charge in [-0.2, -0.15) is 0 Å². The van der Waals surface area contributed by atoms with Crippen LogP contribution in [0.5, 0.6) is 0 Å². The largest absolute Gasteiger partial charge is 0.480 e. The van der Waals surface area contributed by atoms with Gasteiger partial charge in [0.25, 0.3) is 5.91 Å². The Morgan fingerprint density at radius 3 is 2.34 bits per heavy atom. The van der Waals surface area contributed by atoms with E-state index in [1.807, 2.05) is 60.7 Å². The van der Waals surface area contributed by atoms with Crippen molar-refractivity contribution >= 4 is 17.8 Å². The highest BCUT2D eigenvalue weighted by atomic mass is 16.5. The molecule has 1 heterocycles. The number of nitrogens with zero attached hydrogens (tertiary/aromatic N) is 2. The highest BCUT2D eigenvalue weighted by Gasteiger charge is 2.42. The summed E-state index contributed by atoms with van der Waals surface area (Å²) >= 11 is 0. The normalized spacial score (nSPS) is 19.1. The molecule has 0 bridgehead atoms. The Morgan fingerprint density at radius 1 is 1.10 bits per heavy atom. The molecule has 1 saturated heterocycles. The first-order chi connectivity index (χ1) is 14.0. The lowest BCUT2D eigenvalue weighted by Crippen LogP contribution is -2.54. The number of morpholine rings is 1. The number of carboxylic acids is 1. The van der Waals surface area contributed by atoms with Crippen LogP contribution in [0.25, 0.3) is 0 Å². The van der Waals surface area contributed by atoms with E-state index in [1.165, 1.54) is 9.80 Å². The molecular weight excluding hydrogens is 372 g/mol. The zero-order chi connectivity index (χ0) is 20.8. The summed E-state index contributed by atoms with van der Waals surface area (Å²) in [6.07, 6.45) is -0.438. The number of hydrogen-bond acceptors (Lipinski definition) is 4. The molecule has 1 aliphatic rings. The lowest BCUT2D eigenvalue weighted by molar-refractivity contribution is -0.169. The van der Waals surface area contributed by atoms with Gasteiger partial charge < -0.3 is 19.6 Å². The van der Waals surface area contributed by atoms with Gasteiger partial charge in [-0.3, -0.25) is 14.4 Å². The van der Waals surface area contributed by atoms with E-state index >= 15 is 0 Å². The van der Waals surface area contributed by atoms with Crippen LogP contribution in [0.3, 0.4) is 0 Å². The van der Waals surface area contributed by atoms with Gasteiger partial charge in [0.15, 0.2) is 6.10 Å². The molecule has 0 aromatic heterocycles.